The summed E-state index contributed by atoms with van der Waals surface area (Å²) < 4.78 is 5.42. The lowest BCUT2D eigenvalue weighted by atomic mass is 10.1. The summed E-state index contributed by atoms with van der Waals surface area (Å²) in [6.07, 6.45) is 0. The lowest BCUT2D eigenvalue weighted by Crippen LogP contribution is -2.20. The largest absolute Gasteiger partial charge is 0.482 e. The van der Waals surface area contributed by atoms with Crippen molar-refractivity contribution < 1.29 is 9.53 Å². The Balaban J connectivity index is 1.66. The van der Waals surface area contributed by atoms with Gasteiger partial charge in [0.1, 0.15) is 5.75 Å². The molecule has 1 amide bonds. The van der Waals surface area contributed by atoms with Crippen LogP contribution >= 0.6 is 34.5 Å². The Kier molecular flexibility index (Phi) is 5.58. The molecule has 25 heavy (non-hydrogen) atoms. The van der Waals surface area contributed by atoms with Crippen LogP contribution in [0.3, 0.4) is 0 Å². The van der Waals surface area contributed by atoms with E-state index >= 15 is 0 Å². The highest BCUT2D eigenvalue weighted by molar-refractivity contribution is 7.16. The third-order valence-corrected chi connectivity index (χ3v) is 4.77. The lowest BCUT2D eigenvalue weighted by molar-refractivity contribution is -0.118. The van der Waals surface area contributed by atoms with Gasteiger partial charge in [0.2, 0.25) is 0 Å². The summed E-state index contributed by atoms with van der Waals surface area (Å²) in [5.74, 6) is 0.167. The van der Waals surface area contributed by atoms with Gasteiger partial charge in [-0.3, -0.25) is 10.1 Å². The Hall–Kier alpha value is -2.08. The van der Waals surface area contributed by atoms with E-state index in [0.717, 1.165) is 16.1 Å². The first-order chi connectivity index (χ1) is 12.0. The predicted molar refractivity (Wildman–Crippen MR) is 103 cm³/mol. The Morgan fingerprint density at radius 3 is 2.76 bits per heavy atom. The van der Waals surface area contributed by atoms with Crippen LogP contribution in [0.4, 0.5) is 5.13 Å². The Morgan fingerprint density at radius 2 is 2.00 bits per heavy atom. The van der Waals surface area contributed by atoms with Crippen LogP contribution in [0.1, 0.15) is 4.88 Å². The zero-order chi connectivity index (χ0) is 17.8. The molecule has 3 rings (SSSR count). The molecule has 7 heteroatoms. The smallest absolute Gasteiger partial charge is 0.264 e. The standard InChI is InChI=1S/C18H14Cl2N2O2S/c1-11-17(12-5-4-6-13(19)9-12)22-18(25-11)21-16(23)10-24-15-8-3-2-7-14(15)20/h2-9H,10H2,1H3,(H,21,22,23). The molecule has 3 aromatic rings. The summed E-state index contributed by atoms with van der Waals surface area (Å²) >= 11 is 13.4. The first kappa shape index (κ1) is 17.7. The average molecular weight is 393 g/mol. The first-order valence-electron chi connectivity index (χ1n) is 7.43. The molecular weight excluding hydrogens is 379 g/mol. The van der Waals surface area contributed by atoms with Gasteiger partial charge >= 0.3 is 0 Å². The van der Waals surface area contributed by atoms with E-state index in [9.17, 15) is 4.79 Å². The van der Waals surface area contributed by atoms with E-state index in [2.05, 4.69) is 10.3 Å². The molecule has 0 aliphatic heterocycles. The predicted octanol–water partition coefficient (Wildman–Crippen LogP) is 5.44. The molecule has 0 spiro atoms. The number of carbonyl (C=O) groups is 1. The average Bonchev–Trinajstić information content (AvgIpc) is 2.94. The fourth-order valence-electron chi connectivity index (χ4n) is 2.21. The number of halogens is 2. The van der Waals surface area contributed by atoms with Crippen LogP contribution in [-0.4, -0.2) is 17.5 Å². The first-order valence-corrected chi connectivity index (χ1v) is 9.01. The van der Waals surface area contributed by atoms with Crippen molar-refractivity contribution in [3.63, 3.8) is 0 Å². The number of thiazole rings is 1. The lowest BCUT2D eigenvalue weighted by Gasteiger charge is -2.07. The summed E-state index contributed by atoms with van der Waals surface area (Å²) in [6.45, 7) is 1.80. The molecule has 128 valence electrons. The minimum atomic E-state index is -0.300. The van der Waals surface area contributed by atoms with Crippen molar-refractivity contribution in [2.24, 2.45) is 0 Å². The molecule has 0 bridgehead atoms. The van der Waals surface area contributed by atoms with Gasteiger partial charge in [0.15, 0.2) is 11.7 Å². The summed E-state index contributed by atoms with van der Waals surface area (Å²) in [7, 11) is 0. The van der Waals surface area contributed by atoms with Crippen LogP contribution < -0.4 is 10.1 Å². The van der Waals surface area contributed by atoms with Crippen molar-refractivity contribution in [3.8, 4) is 17.0 Å². The van der Waals surface area contributed by atoms with E-state index in [4.69, 9.17) is 27.9 Å². The fourth-order valence-corrected chi connectivity index (χ4v) is 3.45. The third-order valence-electron chi connectivity index (χ3n) is 3.34. The zero-order valence-electron chi connectivity index (χ0n) is 13.3. The highest BCUT2D eigenvalue weighted by atomic mass is 35.5. The van der Waals surface area contributed by atoms with Gasteiger partial charge in [0, 0.05) is 15.5 Å². The number of hydrogen-bond donors (Lipinski definition) is 1. The fraction of sp³-hybridized carbons (Fsp3) is 0.111. The van der Waals surface area contributed by atoms with Crippen LogP contribution in [0.25, 0.3) is 11.3 Å². The number of hydrogen-bond acceptors (Lipinski definition) is 4. The summed E-state index contributed by atoms with van der Waals surface area (Å²) in [6, 6.07) is 14.5. The summed E-state index contributed by atoms with van der Waals surface area (Å²) in [4.78, 5) is 17.5. The number of nitrogens with zero attached hydrogens (tertiary/aromatic N) is 1. The van der Waals surface area contributed by atoms with Gasteiger partial charge in [-0.15, -0.1) is 11.3 Å². The van der Waals surface area contributed by atoms with Gasteiger partial charge < -0.3 is 4.74 Å². The number of rotatable bonds is 5. The number of benzene rings is 2. The number of nitrogens with one attached hydrogen (secondary N) is 1. The topological polar surface area (TPSA) is 51.2 Å². The Bertz CT molecular complexity index is 912. The Morgan fingerprint density at radius 1 is 1.20 bits per heavy atom. The normalized spacial score (nSPS) is 10.5. The number of aryl methyl sites for hydroxylation is 1. The molecule has 2 aromatic carbocycles. The maximum Gasteiger partial charge on any atom is 0.264 e. The van der Waals surface area contributed by atoms with Gasteiger partial charge in [-0.1, -0.05) is 47.5 Å². The van der Waals surface area contributed by atoms with E-state index in [0.29, 0.717) is 20.9 Å². The highest BCUT2D eigenvalue weighted by Gasteiger charge is 2.13. The summed E-state index contributed by atoms with van der Waals surface area (Å²) in [5.41, 5.74) is 1.71. The van der Waals surface area contributed by atoms with E-state index in [1.54, 1.807) is 24.3 Å². The van der Waals surface area contributed by atoms with E-state index < -0.39 is 0 Å². The quantitative estimate of drug-likeness (QED) is 0.628. The maximum atomic E-state index is 12.1. The van der Waals surface area contributed by atoms with Crippen molar-refractivity contribution in [1.29, 1.82) is 0 Å². The third kappa shape index (κ3) is 4.51. The van der Waals surface area contributed by atoms with Gasteiger partial charge in [0.25, 0.3) is 5.91 Å². The highest BCUT2D eigenvalue weighted by Crippen LogP contribution is 2.31. The number of ether oxygens (including phenoxy) is 1. The molecule has 0 fully saturated rings. The molecule has 0 saturated heterocycles. The molecule has 0 radical (unpaired) electrons. The van der Waals surface area contributed by atoms with Crippen LogP contribution in [0.2, 0.25) is 10.0 Å². The number of para-hydroxylation sites is 1. The van der Waals surface area contributed by atoms with Crippen molar-refractivity contribution >= 4 is 45.6 Å². The van der Waals surface area contributed by atoms with Crippen molar-refractivity contribution in [3.05, 3.63) is 63.5 Å². The number of aromatic nitrogens is 1. The number of amides is 1. The minimum Gasteiger partial charge on any atom is -0.482 e. The molecule has 0 atom stereocenters. The van der Waals surface area contributed by atoms with Crippen molar-refractivity contribution in [2.75, 3.05) is 11.9 Å². The molecule has 4 nitrogen and oxygen atoms in total. The molecule has 0 saturated carbocycles. The second-order valence-electron chi connectivity index (χ2n) is 5.20. The van der Waals surface area contributed by atoms with Crippen LogP contribution in [0.5, 0.6) is 5.75 Å². The SMILES string of the molecule is Cc1sc(NC(=O)COc2ccccc2Cl)nc1-c1cccc(Cl)c1. The van der Waals surface area contributed by atoms with Gasteiger partial charge in [-0.05, 0) is 31.2 Å². The second kappa shape index (κ2) is 7.87. The number of anilines is 1. The van der Waals surface area contributed by atoms with Crippen LogP contribution in [0, 0.1) is 6.92 Å². The van der Waals surface area contributed by atoms with Crippen molar-refractivity contribution in [2.45, 2.75) is 6.92 Å². The summed E-state index contributed by atoms with van der Waals surface area (Å²) in [5, 5.41) is 4.36. The van der Waals surface area contributed by atoms with E-state index in [1.807, 2.05) is 31.2 Å². The Labute approximate surface area is 159 Å². The van der Waals surface area contributed by atoms with Crippen molar-refractivity contribution in [1.82, 2.24) is 4.98 Å². The molecule has 0 aliphatic rings. The molecule has 0 aliphatic carbocycles. The molecule has 1 heterocycles. The number of carbonyl (C=O) groups excluding carboxylic acids is 1. The maximum absolute atomic E-state index is 12.1. The van der Waals surface area contributed by atoms with Crippen LogP contribution in [-0.2, 0) is 4.79 Å². The van der Waals surface area contributed by atoms with E-state index in [-0.39, 0.29) is 12.5 Å². The molecule has 1 aromatic heterocycles. The van der Waals surface area contributed by atoms with E-state index in [1.165, 1.54) is 11.3 Å². The van der Waals surface area contributed by atoms with Gasteiger partial charge in [-0.25, -0.2) is 4.98 Å². The van der Waals surface area contributed by atoms with Crippen LogP contribution in [0.15, 0.2) is 48.5 Å². The second-order valence-corrected chi connectivity index (χ2v) is 7.25. The monoisotopic (exact) mass is 392 g/mol. The molecular formula is C18H14Cl2N2O2S. The minimum absolute atomic E-state index is 0.144. The zero-order valence-corrected chi connectivity index (χ0v) is 15.6. The van der Waals surface area contributed by atoms with Gasteiger partial charge in [0.05, 0.1) is 10.7 Å². The molecule has 0 unspecified atom stereocenters. The van der Waals surface area contributed by atoms with Gasteiger partial charge in [-0.2, -0.15) is 0 Å². The molecule has 1 N–H and O–H groups in total.